The Labute approximate surface area is 137 Å². The quantitative estimate of drug-likeness (QED) is 0.842. The second-order valence-corrected chi connectivity index (χ2v) is 6.54. The van der Waals surface area contributed by atoms with Crippen molar-refractivity contribution in [3.8, 4) is 5.75 Å². The van der Waals surface area contributed by atoms with Crippen LogP contribution in [0.3, 0.4) is 0 Å². The number of aldehydes is 1. The first-order valence-electron chi connectivity index (χ1n) is 7.57. The van der Waals surface area contributed by atoms with E-state index in [4.69, 9.17) is 16.3 Å². The number of H-pyrrole nitrogens is 1. The van der Waals surface area contributed by atoms with Gasteiger partial charge in [0.1, 0.15) is 11.4 Å². The van der Waals surface area contributed by atoms with Gasteiger partial charge in [-0.25, -0.2) is 4.39 Å². The zero-order valence-electron chi connectivity index (χ0n) is 12.7. The lowest BCUT2D eigenvalue weighted by Gasteiger charge is -2.40. The molecule has 0 amide bonds. The molecular weight excluding hydrogens is 321 g/mol. The minimum Gasteiger partial charge on any atom is -0.492 e. The summed E-state index contributed by atoms with van der Waals surface area (Å²) in [6.07, 6.45) is 2.05. The Morgan fingerprint density at radius 2 is 2.17 bits per heavy atom. The number of hydrogen-bond donors (Lipinski definition) is 1. The third-order valence-electron chi connectivity index (χ3n) is 4.47. The summed E-state index contributed by atoms with van der Waals surface area (Å²) in [6, 6.07) is 4.76. The van der Waals surface area contributed by atoms with Crippen LogP contribution in [-0.2, 0) is 0 Å². The number of carbonyl (C=O) groups excluding carboxylic acids is 1. The van der Waals surface area contributed by atoms with Gasteiger partial charge in [-0.05, 0) is 37.3 Å². The predicted octanol–water partition coefficient (Wildman–Crippen LogP) is 3.90. The lowest BCUT2D eigenvalue weighted by Crippen LogP contribution is -2.41. The van der Waals surface area contributed by atoms with Crippen molar-refractivity contribution in [3.63, 3.8) is 0 Å². The summed E-state index contributed by atoms with van der Waals surface area (Å²) in [6.45, 7) is 2.24. The molecule has 23 heavy (non-hydrogen) atoms. The van der Waals surface area contributed by atoms with Crippen molar-refractivity contribution < 1.29 is 13.9 Å². The summed E-state index contributed by atoms with van der Waals surface area (Å²) in [4.78, 5) is 25.1. The van der Waals surface area contributed by atoms with Crippen molar-refractivity contribution in [2.75, 3.05) is 6.61 Å². The minimum atomic E-state index is -1.04. The number of alkyl halides is 1. The molecule has 1 fully saturated rings. The fourth-order valence-electron chi connectivity index (χ4n) is 3.01. The predicted molar refractivity (Wildman–Crippen MR) is 87.3 cm³/mol. The Balaban J connectivity index is 1.78. The molecule has 1 saturated carbocycles. The Hall–Kier alpha value is -1.88. The second kappa shape index (κ2) is 5.96. The smallest absolute Gasteiger partial charge is 0.259 e. The molecule has 0 atom stereocenters. The Kier molecular flexibility index (Phi) is 4.15. The van der Waals surface area contributed by atoms with E-state index in [-0.39, 0.29) is 11.5 Å². The molecule has 0 spiro atoms. The standard InChI is InChI=1S/C17H17ClFNO3/c1-2-17(19)6-10(7-17)9-23-15-5-14-11(4-13(15)18)3-12(8-21)16(22)20-14/h3-5,8,10H,2,6-7,9H2,1H3,(H,20,22). The van der Waals surface area contributed by atoms with Gasteiger partial charge in [0.15, 0.2) is 6.29 Å². The number of rotatable bonds is 5. The Morgan fingerprint density at radius 3 is 2.83 bits per heavy atom. The molecule has 1 aliphatic rings. The van der Waals surface area contributed by atoms with E-state index >= 15 is 0 Å². The third-order valence-corrected chi connectivity index (χ3v) is 4.76. The summed E-state index contributed by atoms with van der Waals surface area (Å²) < 4.78 is 19.6. The van der Waals surface area contributed by atoms with Crippen LogP contribution in [0.15, 0.2) is 23.0 Å². The lowest BCUT2D eigenvalue weighted by molar-refractivity contribution is -0.0159. The van der Waals surface area contributed by atoms with Gasteiger partial charge in [0.2, 0.25) is 0 Å². The van der Waals surface area contributed by atoms with E-state index in [0.29, 0.717) is 53.8 Å². The maximum atomic E-state index is 13.9. The van der Waals surface area contributed by atoms with Crippen LogP contribution in [0.25, 0.3) is 10.9 Å². The van der Waals surface area contributed by atoms with Crippen molar-refractivity contribution in [1.29, 1.82) is 0 Å². The van der Waals surface area contributed by atoms with Gasteiger partial charge in [0.25, 0.3) is 5.56 Å². The molecule has 1 aliphatic carbocycles. The number of halogens is 2. The average molecular weight is 338 g/mol. The number of aromatic amines is 1. The highest BCUT2D eigenvalue weighted by Gasteiger charge is 2.43. The Bertz CT molecular complexity index is 811. The van der Waals surface area contributed by atoms with E-state index in [1.807, 2.05) is 6.92 Å². The summed E-state index contributed by atoms with van der Waals surface area (Å²) in [5, 5.41) is 1.05. The molecule has 6 heteroatoms. The molecule has 0 bridgehead atoms. The van der Waals surface area contributed by atoms with E-state index in [1.165, 1.54) is 6.07 Å². The van der Waals surface area contributed by atoms with Crippen LogP contribution >= 0.6 is 11.6 Å². The van der Waals surface area contributed by atoms with Gasteiger partial charge < -0.3 is 9.72 Å². The fraction of sp³-hybridized carbons (Fsp3) is 0.412. The van der Waals surface area contributed by atoms with Gasteiger partial charge in [-0.1, -0.05) is 18.5 Å². The molecule has 0 saturated heterocycles. The van der Waals surface area contributed by atoms with Gasteiger partial charge in [-0.3, -0.25) is 9.59 Å². The van der Waals surface area contributed by atoms with Gasteiger partial charge in [0.05, 0.1) is 22.7 Å². The van der Waals surface area contributed by atoms with E-state index in [2.05, 4.69) is 4.98 Å². The van der Waals surface area contributed by atoms with Crippen LogP contribution in [-0.4, -0.2) is 23.5 Å². The molecule has 0 unspecified atom stereocenters. The first-order chi connectivity index (χ1) is 10.9. The number of nitrogens with one attached hydrogen (secondary N) is 1. The lowest BCUT2D eigenvalue weighted by atomic mass is 9.71. The molecule has 3 rings (SSSR count). The zero-order valence-corrected chi connectivity index (χ0v) is 13.5. The number of ether oxygens (including phenoxy) is 1. The number of pyridine rings is 1. The molecule has 1 aromatic heterocycles. The normalized spacial score (nSPS) is 23.5. The second-order valence-electron chi connectivity index (χ2n) is 6.13. The molecule has 4 nitrogen and oxygen atoms in total. The van der Waals surface area contributed by atoms with Crippen LogP contribution in [0, 0.1) is 5.92 Å². The van der Waals surface area contributed by atoms with E-state index in [0.717, 1.165) is 0 Å². The molecule has 1 heterocycles. The first-order valence-corrected chi connectivity index (χ1v) is 7.95. The van der Waals surface area contributed by atoms with E-state index in [1.54, 1.807) is 12.1 Å². The highest BCUT2D eigenvalue weighted by molar-refractivity contribution is 6.32. The van der Waals surface area contributed by atoms with Crippen LogP contribution in [0.1, 0.15) is 36.5 Å². The van der Waals surface area contributed by atoms with Gasteiger partial charge in [-0.2, -0.15) is 0 Å². The van der Waals surface area contributed by atoms with E-state index < -0.39 is 11.2 Å². The van der Waals surface area contributed by atoms with Crippen molar-refractivity contribution in [3.05, 3.63) is 39.1 Å². The number of aromatic nitrogens is 1. The molecule has 1 N–H and O–H groups in total. The van der Waals surface area contributed by atoms with Crippen LogP contribution < -0.4 is 10.3 Å². The summed E-state index contributed by atoms with van der Waals surface area (Å²) in [5.41, 5.74) is -0.903. The van der Waals surface area contributed by atoms with Crippen LogP contribution in [0.2, 0.25) is 5.02 Å². The molecular formula is C17H17ClFNO3. The highest BCUT2D eigenvalue weighted by Crippen LogP contribution is 2.44. The maximum absolute atomic E-state index is 13.9. The summed E-state index contributed by atoms with van der Waals surface area (Å²) in [7, 11) is 0. The number of carbonyl (C=O) groups is 1. The first kappa shape index (κ1) is 16.0. The minimum absolute atomic E-state index is 0.0514. The SMILES string of the molecule is CCC1(F)CC(COc2cc3[nH]c(=O)c(C=O)cc3cc2Cl)C1. The largest absolute Gasteiger partial charge is 0.492 e. The number of benzene rings is 1. The fourth-order valence-corrected chi connectivity index (χ4v) is 3.24. The van der Waals surface area contributed by atoms with Crippen molar-refractivity contribution >= 4 is 28.8 Å². The van der Waals surface area contributed by atoms with Crippen LogP contribution in [0.5, 0.6) is 5.75 Å². The van der Waals surface area contributed by atoms with Crippen molar-refractivity contribution in [2.45, 2.75) is 31.9 Å². The summed E-state index contributed by atoms with van der Waals surface area (Å²) in [5.74, 6) is 0.629. The summed E-state index contributed by atoms with van der Waals surface area (Å²) >= 11 is 6.19. The van der Waals surface area contributed by atoms with Crippen molar-refractivity contribution in [1.82, 2.24) is 4.98 Å². The molecule has 0 aliphatic heterocycles. The monoisotopic (exact) mass is 337 g/mol. The van der Waals surface area contributed by atoms with Crippen molar-refractivity contribution in [2.24, 2.45) is 5.92 Å². The zero-order chi connectivity index (χ0) is 16.6. The average Bonchev–Trinajstić information content (AvgIpc) is 2.50. The molecule has 1 aromatic carbocycles. The third kappa shape index (κ3) is 3.11. The topological polar surface area (TPSA) is 59.2 Å². The Morgan fingerprint density at radius 1 is 1.43 bits per heavy atom. The van der Waals surface area contributed by atoms with Gasteiger partial charge in [-0.15, -0.1) is 0 Å². The molecule has 122 valence electrons. The molecule has 2 aromatic rings. The number of hydrogen-bond acceptors (Lipinski definition) is 3. The number of fused-ring (bicyclic) bond motifs is 1. The van der Waals surface area contributed by atoms with Crippen LogP contribution in [0.4, 0.5) is 4.39 Å². The maximum Gasteiger partial charge on any atom is 0.259 e. The van der Waals surface area contributed by atoms with E-state index in [9.17, 15) is 14.0 Å². The van der Waals surface area contributed by atoms with Gasteiger partial charge >= 0.3 is 0 Å². The molecule has 0 radical (unpaired) electrons. The van der Waals surface area contributed by atoms with Gasteiger partial charge in [0, 0.05) is 11.5 Å². The highest BCUT2D eigenvalue weighted by atomic mass is 35.5.